The summed E-state index contributed by atoms with van der Waals surface area (Å²) in [6, 6.07) is 7.03. The van der Waals surface area contributed by atoms with Crippen molar-refractivity contribution in [2.45, 2.75) is 123 Å². The minimum absolute atomic E-state index is 0.0670. The predicted octanol–water partition coefficient (Wildman–Crippen LogP) is 10.5. The zero-order chi connectivity index (χ0) is 37.2. The summed E-state index contributed by atoms with van der Waals surface area (Å²) in [6.45, 7) is 14.2. The summed E-state index contributed by atoms with van der Waals surface area (Å²) in [7, 11) is -5.50. The second-order valence-corrected chi connectivity index (χ2v) is 16.9. The maximum absolute atomic E-state index is 12.9. The number of halogens is 3. The van der Waals surface area contributed by atoms with Crippen molar-refractivity contribution < 1.29 is 35.5 Å². The molecule has 0 aliphatic heterocycles. The Kier molecular flexibility index (Phi) is 14.5. The summed E-state index contributed by atoms with van der Waals surface area (Å²) in [4.78, 5) is 15.8. The van der Waals surface area contributed by atoms with Crippen molar-refractivity contribution in [1.82, 2.24) is 4.98 Å². The van der Waals surface area contributed by atoms with Crippen LogP contribution in [0.15, 0.2) is 56.7 Å². The molecule has 1 aromatic carbocycles. The average molecular weight is 723 g/mol. The van der Waals surface area contributed by atoms with Crippen molar-refractivity contribution in [2.24, 2.45) is 16.7 Å². The van der Waals surface area contributed by atoms with Gasteiger partial charge in [0.05, 0.1) is 29.9 Å². The molecule has 0 amide bonds. The number of pyridine rings is 1. The van der Waals surface area contributed by atoms with E-state index in [4.69, 9.17) is 19.3 Å². The third-order valence-corrected chi connectivity index (χ3v) is 10.6. The number of rotatable bonds is 19. The number of hydrogen-bond donors (Lipinski definition) is 1. The molecule has 3 rings (SSSR count). The standard InChI is InChI=1S/C38H53F3N2O6S/c1-27(25-36(2,3)4)37(5,6)35(42)48-22-16-14-12-10-8-7-9-11-13-15-21-47-33-24-29-23-31(34(44)49-32(29)26-43-33)28-17-19-30(20-18-28)50(45,46)38(39,40)41/h17-20,23-24,26-27,42H,7-16,21-22,25H2,1-6H3. The number of hydrogen-bond acceptors (Lipinski definition) is 8. The monoisotopic (exact) mass is 722 g/mol. The average Bonchev–Trinajstić information content (AvgIpc) is 3.03. The lowest BCUT2D eigenvalue weighted by Gasteiger charge is -2.35. The molecule has 0 bridgehead atoms. The van der Waals surface area contributed by atoms with Crippen LogP contribution in [0.25, 0.3) is 22.1 Å². The first-order chi connectivity index (χ1) is 23.3. The summed E-state index contributed by atoms with van der Waals surface area (Å²) < 4.78 is 78.9. The molecule has 12 heteroatoms. The second kappa shape index (κ2) is 17.7. The zero-order valence-electron chi connectivity index (χ0n) is 30.3. The van der Waals surface area contributed by atoms with Crippen LogP contribution in [0, 0.1) is 22.2 Å². The SMILES string of the molecule is CC(CC(C)(C)C)C(C)(C)C(=N)OCCCCCCCCCCCCOc1cc2cc(-c3ccc(S(=O)(=O)C(F)(F)F)cc3)c(=O)oc2cn1. The molecule has 0 radical (unpaired) electrons. The lowest BCUT2D eigenvalue weighted by Crippen LogP contribution is -2.35. The van der Waals surface area contributed by atoms with Crippen LogP contribution >= 0.6 is 0 Å². The van der Waals surface area contributed by atoms with E-state index in [2.05, 4.69) is 46.5 Å². The van der Waals surface area contributed by atoms with Gasteiger partial charge in [0.1, 0.15) is 0 Å². The number of benzene rings is 1. The smallest absolute Gasteiger partial charge is 0.481 e. The molecule has 8 nitrogen and oxygen atoms in total. The fourth-order valence-corrected chi connectivity index (χ4v) is 6.55. The Bertz CT molecular complexity index is 1710. The van der Waals surface area contributed by atoms with Crippen molar-refractivity contribution in [1.29, 1.82) is 5.41 Å². The molecule has 0 fully saturated rings. The molecule has 1 atom stereocenters. The molecule has 0 saturated heterocycles. The van der Waals surface area contributed by atoms with Gasteiger partial charge in [-0.05, 0) is 54.4 Å². The van der Waals surface area contributed by atoms with Gasteiger partial charge >= 0.3 is 11.1 Å². The summed E-state index contributed by atoms with van der Waals surface area (Å²) >= 11 is 0. The Balaban J connectivity index is 1.31. The van der Waals surface area contributed by atoms with Crippen LogP contribution in [0.1, 0.15) is 112 Å². The van der Waals surface area contributed by atoms with Crippen molar-refractivity contribution >= 4 is 26.7 Å². The quantitative estimate of drug-likeness (QED) is 0.0743. The molecule has 1 N–H and O–H groups in total. The molecule has 2 heterocycles. The van der Waals surface area contributed by atoms with Gasteiger partial charge in [0.25, 0.3) is 9.84 Å². The van der Waals surface area contributed by atoms with E-state index in [1.165, 1.54) is 44.4 Å². The van der Waals surface area contributed by atoms with Gasteiger partial charge in [0, 0.05) is 16.9 Å². The largest absolute Gasteiger partial charge is 0.501 e. The van der Waals surface area contributed by atoms with Crippen LogP contribution in [-0.4, -0.2) is 38.0 Å². The summed E-state index contributed by atoms with van der Waals surface area (Å²) in [5.74, 6) is 1.13. The van der Waals surface area contributed by atoms with E-state index in [9.17, 15) is 26.4 Å². The van der Waals surface area contributed by atoms with E-state index < -0.39 is 25.9 Å². The van der Waals surface area contributed by atoms with Crippen LogP contribution in [0.3, 0.4) is 0 Å². The summed E-state index contributed by atoms with van der Waals surface area (Å²) in [5.41, 5.74) is -5.69. The molecule has 0 aliphatic rings. The fraction of sp³-hybridized carbons (Fsp3) is 0.605. The Hall–Kier alpha value is -3.41. The van der Waals surface area contributed by atoms with E-state index in [1.807, 2.05) is 0 Å². The number of nitrogens with one attached hydrogen (secondary N) is 1. The van der Waals surface area contributed by atoms with Crippen molar-refractivity contribution in [3.8, 4) is 17.0 Å². The van der Waals surface area contributed by atoms with Crippen molar-refractivity contribution in [2.75, 3.05) is 13.2 Å². The number of aromatic nitrogens is 1. The molecule has 0 saturated carbocycles. The number of fused-ring (bicyclic) bond motifs is 1. The number of alkyl halides is 3. The van der Waals surface area contributed by atoms with E-state index in [0.29, 0.717) is 36.3 Å². The highest BCUT2D eigenvalue weighted by Crippen LogP contribution is 2.37. The van der Waals surface area contributed by atoms with Crippen LogP contribution in [-0.2, 0) is 14.6 Å². The Labute approximate surface area is 294 Å². The van der Waals surface area contributed by atoms with E-state index in [0.717, 1.165) is 62.8 Å². The van der Waals surface area contributed by atoms with E-state index >= 15 is 0 Å². The topological polar surface area (TPSA) is 120 Å². The normalized spacial score (nSPS) is 13.4. The number of ether oxygens (including phenoxy) is 2. The van der Waals surface area contributed by atoms with Crippen molar-refractivity contribution in [3.05, 3.63) is 53.0 Å². The first kappa shape index (κ1) is 41.0. The minimum Gasteiger partial charge on any atom is -0.481 e. The highest BCUT2D eigenvalue weighted by Gasteiger charge is 2.46. The van der Waals surface area contributed by atoms with Gasteiger partial charge in [-0.2, -0.15) is 13.2 Å². The first-order valence-corrected chi connectivity index (χ1v) is 19.0. The molecular formula is C38H53F3N2O6S. The van der Waals surface area contributed by atoms with Crippen LogP contribution in [0.4, 0.5) is 13.2 Å². The van der Waals surface area contributed by atoms with Gasteiger partial charge in [0.2, 0.25) is 5.88 Å². The Morgan fingerprint density at radius 1 is 0.860 bits per heavy atom. The lowest BCUT2D eigenvalue weighted by atomic mass is 9.72. The number of sulfone groups is 1. The maximum atomic E-state index is 12.9. The molecular weight excluding hydrogens is 669 g/mol. The zero-order valence-corrected chi connectivity index (χ0v) is 31.1. The number of unbranched alkanes of at least 4 members (excludes halogenated alkanes) is 9. The summed E-state index contributed by atoms with van der Waals surface area (Å²) in [5, 5.41) is 8.95. The molecule has 3 aromatic rings. The maximum Gasteiger partial charge on any atom is 0.501 e. The van der Waals surface area contributed by atoms with Crippen LogP contribution in [0.5, 0.6) is 5.88 Å². The third kappa shape index (κ3) is 11.8. The molecule has 1 unspecified atom stereocenters. The summed E-state index contributed by atoms with van der Waals surface area (Å²) in [6.07, 6.45) is 13.5. The predicted molar refractivity (Wildman–Crippen MR) is 191 cm³/mol. The second-order valence-electron chi connectivity index (χ2n) is 14.9. The Morgan fingerprint density at radius 2 is 1.40 bits per heavy atom. The van der Waals surface area contributed by atoms with Crippen LogP contribution < -0.4 is 10.4 Å². The fourth-order valence-electron chi connectivity index (χ4n) is 5.79. The van der Waals surface area contributed by atoms with Gasteiger partial charge < -0.3 is 13.9 Å². The van der Waals surface area contributed by atoms with E-state index in [-0.39, 0.29) is 27.5 Å². The van der Waals surface area contributed by atoms with E-state index in [1.54, 1.807) is 6.07 Å². The van der Waals surface area contributed by atoms with Gasteiger partial charge in [-0.1, -0.05) is 105 Å². The lowest BCUT2D eigenvalue weighted by molar-refractivity contribution is -0.0436. The van der Waals surface area contributed by atoms with Crippen molar-refractivity contribution in [3.63, 3.8) is 0 Å². The van der Waals surface area contributed by atoms with Crippen LogP contribution in [0.2, 0.25) is 0 Å². The third-order valence-electron chi connectivity index (χ3n) is 9.15. The molecule has 0 spiro atoms. The highest BCUT2D eigenvalue weighted by molar-refractivity contribution is 7.92. The minimum atomic E-state index is -5.50. The molecule has 278 valence electrons. The van der Waals surface area contributed by atoms with Gasteiger partial charge in [-0.25, -0.2) is 18.2 Å². The highest BCUT2D eigenvalue weighted by atomic mass is 32.2. The van der Waals surface area contributed by atoms with Gasteiger partial charge in [-0.3, -0.25) is 5.41 Å². The molecule has 2 aromatic heterocycles. The number of nitrogens with zero attached hydrogens (tertiary/aromatic N) is 1. The Morgan fingerprint density at radius 3 is 1.94 bits per heavy atom. The van der Waals surface area contributed by atoms with Gasteiger partial charge in [0.15, 0.2) is 11.5 Å². The molecule has 50 heavy (non-hydrogen) atoms. The molecule has 0 aliphatic carbocycles. The van der Waals surface area contributed by atoms with Gasteiger partial charge in [-0.15, -0.1) is 0 Å². The first-order valence-electron chi connectivity index (χ1n) is 17.5.